The summed E-state index contributed by atoms with van der Waals surface area (Å²) in [6.45, 7) is 5.13. The Morgan fingerprint density at radius 1 is 1.38 bits per heavy atom. The molecule has 132 valence electrons. The van der Waals surface area contributed by atoms with Gasteiger partial charge in [0.25, 0.3) is 0 Å². The quantitative estimate of drug-likeness (QED) is 0.798. The number of halogens is 1. The van der Waals surface area contributed by atoms with Crippen LogP contribution in [0.2, 0.25) is 0 Å². The molecule has 0 aliphatic carbocycles. The van der Waals surface area contributed by atoms with Gasteiger partial charge < -0.3 is 15.4 Å². The molecule has 0 spiro atoms. The van der Waals surface area contributed by atoms with Crippen molar-refractivity contribution >= 4 is 17.8 Å². The highest BCUT2D eigenvalue weighted by Gasteiger charge is 2.24. The van der Waals surface area contributed by atoms with Crippen molar-refractivity contribution in [3.8, 4) is 0 Å². The predicted octanol–water partition coefficient (Wildman–Crippen LogP) is 2.38. The van der Waals surface area contributed by atoms with E-state index in [0.717, 1.165) is 57.0 Å². The molecule has 0 radical (unpaired) electrons. The van der Waals surface area contributed by atoms with Crippen molar-refractivity contribution in [2.75, 3.05) is 45.1 Å². The average molecular weight is 353 g/mol. The third kappa shape index (κ3) is 4.62. The Bertz CT molecular complexity index is 567. The van der Waals surface area contributed by atoms with Crippen LogP contribution in [0, 0.1) is 5.82 Å². The summed E-state index contributed by atoms with van der Waals surface area (Å²) in [6, 6.07) is 4.78. The molecule has 5 nitrogen and oxygen atoms in total. The van der Waals surface area contributed by atoms with Gasteiger partial charge in [-0.15, -0.1) is 11.8 Å². The van der Waals surface area contributed by atoms with E-state index < -0.39 is 0 Å². The van der Waals surface area contributed by atoms with E-state index in [-0.39, 0.29) is 17.9 Å². The lowest BCUT2D eigenvalue weighted by atomic mass is 10.0. The van der Waals surface area contributed by atoms with Crippen LogP contribution in [0.5, 0.6) is 0 Å². The van der Waals surface area contributed by atoms with Crippen LogP contribution < -0.4 is 10.6 Å². The van der Waals surface area contributed by atoms with Crippen LogP contribution in [-0.4, -0.2) is 56.1 Å². The topological polar surface area (TPSA) is 53.6 Å². The zero-order valence-electron chi connectivity index (χ0n) is 13.7. The molecule has 2 heterocycles. The van der Waals surface area contributed by atoms with Gasteiger partial charge in [-0.05, 0) is 31.0 Å². The Kier molecular flexibility index (Phi) is 6.34. The number of nitrogens with one attached hydrogen (secondary N) is 2. The molecule has 1 aromatic carbocycles. The Balaban J connectivity index is 1.42. The Morgan fingerprint density at radius 2 is 2.21 bits per heavy atom. The van der Waals surface area contributed by atoms with Crippen molar-refractivity contribution in [2.24, 2.45) is 0 Å². The van der Waals surface area contributed by atoms with E-state index in [1.165, 1.54) is 17.8 Å². The van der Waals surface area contributed by atoms with E-state index in [2.05, 4.69) is 15.5 Å². The van der Waals surface area contributed by atoms with Crippen molar-refractivity contribution in [3.05, 3.63) is 29.6 Å². The molecule has 2 aliphatic heterocycles. The molecule has 1 aromatic rings. The van der Waals surface area contributed by atoms with Crippen LogP contribution in [-0.2, 0) is 4.74 Å². The van der Waals surface area contributed by atoms with Crippen LogP contribution in [0.3, 0.4) is 0 Å². The van der Waals surface area contributed by atoms with Crippen LogP contribution in [0.4, 0.5) is 9.18 Å². The molecule has 1 saturated heterocycles. The first kappa shape index (κ1) is 17.5. The molecule has 0 bridgehead atoms. The summed E-state index contributed by atoms with van der Waals surface area (Å²) in [7, 11) is 0. The summed E-state index contributed by atoms with van der Waals surface area (Å²) in [4.78, 5) is 15.1. The summed E-state index contributed by atoms with van der Waals surface area (Å²) in [5.74, 6) is 0.616. The molecule has 3 rings (SSSR count). The smallest absolute Gasteiger partial charge is 0.315 e. The van der Waals surface area contributed by atoms with Gasteiger partial charge in [-0.3, -0.25) is 4.90 Å². The number of nitrogens with zero attached hydrogens (tertiary/aromatic N) is 1. The number of fused-ring (bicyclic) bond motifs is 1. The summed E-state index contributed by atoms with van der Waals surface area (Å²) in [6.07, 6.45) is 1.74. The lowest BCUT2D eigenvalue weighted by Gasteiger charge is -2.27. The highest BCUT2D eigenvalue weighted by atomic mass is 32.2. The average Bonchev–Trinajstić information content (AvgIpc) is 2.61. The first-order chi connectivity index (χ1) is 11.7. The van der Waals surface area contributed by atoms with Gasteiger partial charge in [-0.1, -0.05) is 12.1 Å². The number of thioether (sulfide) groups is 1. The summed E-state index contributed by atoms with van der Waals surface area (Å²) in [5, 5.41) is 5.88. The number of hydrogen-bond acceptors (Lipinski definition) is 4. The van der Waals surface area contributed by atoms with Crippen molar-refractivity contribution < 1.29 is 13.9 Å². The van der Waals surface area contributed by atoms with Gasteiger partial charge in [0, 0.05) is 30.3 Å². The van der Waals surface area contributed by atoms with E-state index >= 15 is 0 Å². The Hall–Kier alpha value is -1.31. The van der Waals surface area contributed by atoms with Crippen LogP contribution >= 0.6 is 11.8 Å². The minimum atomic E-state index is -0.199. The van der Waals surface area contributed by atoms with Gasteiger partial charge in [0.05, 0.1) is 19.3 Å². The van der Waals surface area contributed by atoms with Crippen LogP contribution in [0.25, 0.3) is 0 Å². The van der Waals surface area contributed by atoms with Gasteiger partial charge in [0.15, 0.2) is 0 Å². The molecule has 1 atom stereocenters. The third-order valence-corrected chi connectivity index (χ3v) is 5.53. The predicted molar refractivity (Wildman–Crippen MR) is 92.9 cm³/mol. The van der Waals surface area contributed by atoms with Gasteiger partial charge in [0.1, 0.15) is 5.82 Å². The normalized spacial score (nSPS) is 21.1. The second-order valence-corrected chi connectivity index (χ2v) is 7.16. The molecular formula is C17H24FN3O2S. The third-order valence-electron chi connectivity index (χ3n) is 4.37. The Morgan fingerprint density at radius 3 is 3.04 bits per heavy atom. The monoisotopic (exact) mass is 353 g/mol. The van der Waals surface area contributed by atoms with Crippen molar-refractivity contribution in [1.82, 2.24) is 15.5 Å². The lowest BCUT2D eigenvalue weighted by Crippen LogP contribution is -2.41. The maximum Gasteiger partial charge on any atom is 0.315 e. The van der Waals surface area contributed by atoms with Gasteiger partial charge >= 0.3 is 6.03 Å². The van der Waals surface area contributed by atoms with E-state index in [1.54, 1.807) is 6.07 Å². The molecule has 2 amide bonds. The lowest BCUT2D eigenvalue weighted by molar-refractivity contribution is 0.0375. The minimum Gasteiger partial charge on any atom is -0.379 e. The molecule has 2 N–H and O–H groups in total. The van der Waals surface area contributed by atoms with E-state index in [4.69, 9.17) is 4.74 Å². The van der Waals surface area contributed by atoms with Gasteiger partial charge in [0.2, 0.25) is 0 Å². The summed E-state index contributed by atoms with van der Waals surface area (Å²) < 4.78 is 19.2. The number of amides is 2. The highest BCUT2D eigenvalue weighted by molar-refractivity contribution is 7.99. The number of carbonyl (C=O) groups is 1. The van der Waals surface area contributed by atoms with E-state index in [0.29, 0.717) is 11.4 Å². The fourth-order valence-corrected chi connectivity index (χ4v) is 4.22. The molecule has 2 aliphatic rings. The number of morpholine rings is 1. The molecule has 7 heteroatoms. The Labute approximate surface area is 146 Å². The zero-order chi connectivity index (χ0) is 16.8. The number of ether oxygens (including phenoxy) is 1. The summed E-state index contributed by atoms with van der Waals surface area (Å²) in [5.41, 5.74) is 0.884. The SMILES string of the molecule is O=C(NCCCN1CCOCC1)NC1CCSc2c(F)cccc21. The molecule has 24 heavy (non-hydrogen) atoms. The van der Waals surface area contributed by atoms with E-state index in [1.807, 2.05) is 6.07 Å². The second-order valence-electron chi connectivity index (χ2n) is 6.06. The van der Waals surface area contributed by atoms with Crippen molar-refractivity contribution in [3.63, 3.8) is 0 Å². The molecule has 0 saturated carbocycles. The number of benzene rings is 1. The standard InChI is InChI=1S/C17H24FN3O2S/c18-14-4-1-3-13-15(5-12-24-16(13)14)20-17(22)19-6-2-7-21-8-10-23-11-9-21/h1,3-4,15H,2,5-12H2,(H2,19,20,22). The van der Waals surface area contributed by atoms with Crippen molar-refractivity contribution in [1.29, 1.82) is 0 Å². The number of carbonyl (C=O) groups excluding carboxylic acids is 1. The largest absolute Gasteiger partial charge is 0.379 e. The number of hydrogen-bond donors (Lipinski definition) is 2. The number of urea groups is 1. The van der Waals surface area contributed by atoms with E-state index in [9.17, 15) is 9.18 Å². The van der Waals surface area contributed by atoms with Crippen LogP contribution in [0.1, 0.15) is 24.4 Å². The maximum absolute atomic E-state index is 13.8. The summed E-state index contributed by atoms with van der Waals surface area (Å²) >= 11 is 1.52. The highest BCUT2D eigenvalue weighted by Crippen LogP contribution is 2.37. The molecular weight excluding hydrogens is 329 g/mol. The second kappa shape index (κ2) is 8.69. The number of rotatable bonds is 5. The molecule has 1 fully saturated rings. The zero-order valence-corrected chi connectivity index (χ0v) is 14.5. The minimum absolute atomic E-state index is 0.115. The fraction of sp³-hybridized carbons (Fsp3) is 0.588. The molecule has 1 unspecified atom stereocenters. The van der Waals surface area contributed by atoms with Crippen molar-refractivity contribution in [2.45, 2.75) is 23.8 Å². The first-order valence-corrected chi connectivity index (χ1v) is 9.48. The van der Waals surface area contributed by atoms with Crippen LogP contribution in [0.15, 0.2) is 23.1 Å². The van der Waals surface area contributed by atoms with Gasteiger partial charge in [-0.2, -0.15) is 0 Å². The maximum atomic E-state index is 13.8. The molecule has 0 aromatic heterocycles. The fourth-order valence-electron chi connectivity index (χ4n) is 3.08. The first-order valence-electron chi connectivity index (χ1n) is 8.50. The van der Waals surface area contributed by atoms with Gasteiger partial charge in [-0.25, -0.2) is 9.18 Å².